The van der Waals surface area contributed by atoms with E-state index in [1.807, 2.05) is 24.3 Å². The van der Waals surface area contributed by atoms with E-state index in [2.05, 4.69) is 5.32 Å². The van der Waals surface area contributed by atoms with Crippen LogP contribution in [0.25, 0.3) is 0 Å². The van der Waals surface area contributed by atoms with Crippen LogP contribution < -0.4 is 10.1 Å². The Morgan fingerprint density at radius 2 is 1.90 bits per heavy atom. The zero-order chi connectivity index (χ0) is 16.0. The number of hydrogen-bond donors (Lipinski definition) is 2. The van der Waals surface area contributed by atoms with E-state index in [0.29, 0.717) is 13.0 Å². The number of benzene rings is 1. The van der Waals surface area contributed by atoms with Crippen molar-refractivity contribution in [3.63, 3.8) is 0 Å². The topological polar surface area (TPSA) is 75.6 Å². The molecule has 1 rings (SSSR count). The van der Waals surface area contributed by atoms with Crippen molar-refractivity contribution >= 4 is 11.9 Å². The van der Waals surface area contributed by atoms with Gasteiger partial charge in [-0.1, -0.05) is 39.0 Å². The highest BCUT2D eigenvalue weighted by molar-refractivity contribution is 5.97. The summed E-state index contributed by atoms with van der Waals surface area (Å²) >= 11 is 0. The molecule has 0 bridgehead atoms. The molecule has 0 aliphatic heterocycles. The average molecular weight is 293 g/mol. The molecule has 1 unspecified atom stereocenters. The number of hydrogen-bond acceptors (Lipinski definition) is 3. The van der Waals surface area contributed by atoms with Crippen LogP contribution in [0.15, 0.2) is 24.3 Å². The number of ether oxygens (including phenoxy) is 1. The number of nitrogens with one attached hydrogen (secondary N) is 1. The summed E-state index contributed by atoms with van der Waals surface area (Å²) in [5.74, 6) is -1.85. The van der Waals surface area contributed by atoms with Crippen LogP contribution in [0.2, 0.25) is 0 Å². The Balaban J connectivity index is 2.62. The third-order valence-corrected chi connectivity index (χ3v) is 3.26. The molecule has 0 saturated carbocycles. The van der Waals surface area contributed by atoms with Gasteiger partial charge in [-0.25, -0.2) is 0 Å². The minimum atomic E-state index is -1.10. The fourth-order valence-corrected chi connectivity index (χ4v) is 2.21. The average Bonchev–Trinajstić information content (AvgIpc) is 2.37. The number of amides is 1. The summed E-state index contributed by atoms with van der Waals surface area (Å²) in [6.07, 6.45) is 0.590. The number of carbonyl (C=O) groups is 2. The van der Waals surface area contributed by atoms with Crippen LogP contribution in [0.4, 0.5) is 0 Å². The third kappa shape index (κ3) is 4.77. The number of methoxy groups -OCH3 is 1. The minimum absolute atomic E-state index is 0.374. The Bertz CT molecular complexity index is 505. The highest BCUT2D eigenvalue weighted by Gasteiger charge is 2.37. The lowest BCUT2D eigenvalue weighted by Crippen LogP contribution is -2.43. The van der Waals surface area contributed by atoms with Gasteiger partial charge in [-0.05, 0) is 23.5 Å². The van der Waals surface area contributed by atoms with Crippen LogP contribution in [-0.2, 0) is 16.0 Å². The van der Waals surface area contributed by atoms with Crippen LogP contribution in [-0.4, -0.2) is 30.6 Å². The molecule has 0 aliphatic carbocycles. The molecule has 21 heavy (non-hydrogen) atoms. The fraction of sp³-hybridized carbons (Fsp3) is 0.500. The van der Waals surface area contributed by atoms with Gasteiger partial charge < -0.3 is 15.2 Å². The molecule has 0 fully saturated rings. The van der Waals surface area contributed by atoms with Gasteiger partial charge in [-0.2, -0.15) is 0 Å². The van der Waals surface area contributed by atoms with Crippen molar-refractivity contribution in [2.45, 2.75) is 27.2 Å². The standard InChI is InChI=1S/C16H23NO4/c1-16(2,3)13(15(19)20)14(18)17-10-9-11-7-5-6-8-12(11)21-4/h5-8,13H,9-10H2,1-4H3,(H,17,18)(H,19,20). The van der Waals surface area contributed by atoms with Crippen molar-refractivity contribution in [3.8, 4) is 5.75 Å². The van der Waals surface area contributed by atoms with Crippen LogP contribution in [0, 0.1) is 11.3 Å². The van der Waals surface area contributed by atoms with Gasteiger partial charge in [-0.3, -0.25) is 9.59 Å². The van der Waals surface area contributed by atoms with Crippen molar-refractivity contribution in [3.05, 3.63) is 29.8 Å². The number of rotatable bonds is 6. The molecule has 1 amide bonds. The Morgan fingerprint density at radius 3 is 2.43 bits per heavy atom. The zero-order valence-corrected chi connectivity index (χ0v) is 13.0. The second-order valence-corrected chi connectivity index (χ2v) is 5.99. The lowest BCUT2D eigenvalue weighted by Gasteiger charge is -2.25. The molecule has 1 aromatic rings. The minimum Gasteiger partial charge on any atom is -0.496 e. The number of para-hydroxylation sites is 1. The van der Waals surface area contributed by atoms with E-state index in [4.69, 9.17) is 4.74 Å². The van der Waals surface area contributed by atoms with Crippen molar-refractivity contribution in [2.24, 2.45) is 11.3 Å². The molecule has 0 aromatic heterocycles. The first-order valence-corrected chi connectivity index (χ1v) is 6.89. The second kappa shape index (κ2) is 7.11. The molecule has 1 aromatic carbocycles. The van der Waals surface area contributed by atoms with E-state index >= 15 is 0 Å². The van der Waals surface area contributed by atoms with Crippen LogP contribution in [0.5, 0.6) is 5.75 Å². The van der Waals surface area contributed by atoms with Gasteiger partial charge in [0.15, 0.2) is 0 Å². The Morgan fingerprint density at radius 1 is 1.29 bits per heavy atom. The molecule has 5 nitrogen and oxygen atoms in total. The first-order chi connectivity index (χ1) is 9.77. The number of aliphatic carboxylic acids is 1. The summed E-state index contributed by atoms with van der Waals surface area (Å²) in [6, 6.07) is 7.55. The number of carboxylic acid groups (broad SMARTS) is 1. The molecule has 0 radical (unpaired) electrons. The van der Waals surface area contributed by atoms with Gasteiger partial charge in [0, 0.05) is 6.54 Å². The summed E-state index contributed by atoms with van der Waals surface area (Å²) < 4.78 is 5.24. The Hall–Kier alpha value is -2.04. The summed E-state index contributed by atoms with van der Waals surface area (Å²) in [4.78, 5) is 23.3. The first kappa shape index (κ1) is 17.0. The molecule has 1 atom stereocenters. The van der Waals surface area contributed by atoms with E-state index in [-0.39, 0.29) is 0 Å². The highest BCUT2D eigenvalue weighted by Crippen LogP contribution is 2.26. The largest absolute Gasteiger partial charge is 0.496 e. The number of carboxylic acids is 1. The number of carbonyl (C=O) groups excluding carboxylic acids is 1. The summed E-state index contributed by atoms with van der Waals surface area (Å²) in [7, 11) is 1.59. The normalized spacial score (nSPS) is 12.6. The second-order valence-electron chi connectivity index (χ2n) is 5.99. The summed E-state index contributed by atoms with van der Waals surface area (Å²) in [5, 5.41) is 11.9. The lowest BCUT2D eigenvalue weighted by atomic mass is 9.80. The van der Waals surface area contributed by atoms with E-state index < -0.39 is 23.2 Å². The first-order valence-electron chi connectivity index (χ1n) is 6.89. The molecule has 0 aliphatic rings. The van der Waals surface area contributed by atoms with Crippen LogP contribution in [0.3, 0.4) is 0 Å². The van der Waals surface area contributed by atoms with Gasteiger partial charge in [0.1, 0.15) is 11.7 Å². The quantitative estimate of drug-likeness (QED) is 0.788. The molecule has 2 N–H and O–H groups in total. The van der Waals surface area contributed by atoms with Gasteiger partial charge in [0.05, 0.1) is 7.11 Å². The maximum absolute atomic E-state index is 12.1. The van der Waals surface area contributed by atoms with Crippen molar-refractivity contribution in [1.29, 1.82) is 0 Å². The fourth-order valence-electron chi connectivity index (χ4n) is 2.21. The zero-order valence-electron chi connectivity index (χ0n) is 13.0. The molecular formula is C16H23NO4. The predicted octanol–water partition coefficient (Wildman–Crippen LogP) is 2.10. The van der Waals surface area contributed by atoms with E-state index in [9.17, 15) is 14.7 Å². The summed E-state index contributed by atoms with van der Waals surface area (Å²) in [5.41, 5.74) is 0.350. The van der Waals surface area contributed by atoms with Gasteiger partial charge >= 0.3 is 5.97 Å². The highest BCUT2D eigenvalue weighted by atomic mass is 16.5. The maximum Gasteiger partial charge on any atom is 0.316 e. The van der Waals surface area contributed by atoms with Gasteiger partial charge in [-0.15, -0.1) is 0 Å². The van der Waals surface area contributed by atoms with Crippen LogP contribution in [0.1, 0.15) is 26.3 Å². The van der Waals surface area contributed by atoms with Gasteiger partial charge in [0.25, 0.3) is 0 Å². The monoisotopic (exact) mass is 293 g/mol. The molecular weight excluding hydrogens is 270 g/mol. The molecule has 116 valence electrons. The van der Waals surface area contributed by atoms with E-state index in [1.54, 1.807) is 27.9 Å². The van der Waals surface area contributed by atoms with E-state index in [1.165, 1.54) is 0 Å². The molecule has 0 spiro atoms. The van der Waals surface area contributed by atoms with E-state index in [0.717, 1.165) is 11.3 Å². The molecule has 0 heterocycles. The SMILES string of the molecule is COc1ccccc1CCNC(=O)C(C(=O)O)C(C)(C)C. The van der Waals surface area contributed by atoms with Crippen LogP contribution >= 0.6 is 0 Å². The Kier molecular flexibility index (Phi) is 5.76. The third-order valence-electron chi connectivity index (χ3n) is 3.26. The van der Waals surface area contributed by atoms with Gasteiger partial charge in [0.2, 0.25) is 5.91 Å². The predicted molar refractivity (Wildman–Crippen MR) is 80.3 cm³/mol. The van der Waals surface area contributed by atoms with Crippen molar-refractivity contribution in [2.75, 3.05) is 13.7 Å². The van der Waals surface area contributed by atoms with Crippen molar-refractivity contribution < 1.29 is 19.4 Å². The van der Waals surface area contributed by atoms with Crippen molar-refractivity contribution in [1.82, 2.24) is 5.32 Å². The summed E-state index contributed by atoms with van der Waals surface area (Å²) in [6.45, 7) is 5.60. The lowest BCUT2D eigenvalue weighted by molar-refractivity contribution is -0.151. The molecule has 0 saturated heterocycles. The molecule has 5 heteroatoms. The maximum atomic E-state index is 12.1. The smallest absolute Gasteiger partial charge is 0.316 e. The Labute approximate surface area is 125 Å².